The summed E-state index contributed by atoms with van der Waals surface area (Å²) in [4.78, 5) is 2.22. The van der Waals surface area contributed by atoms with Crippen LogP contribution in [0.15, 0.2) is 36.8 Å². The van der Waals surface area contributed by atoms with E-state index < -0.39 is 6.10 Å². The maximum absolute atomic E-state index is 10.2. The van der Waals surface area contributed by atoms with Gasteiger partial charge in [-0.2, -0.15) is 10.2 Å². The molecule has 8 heteroatoms. The van der Waals surface area contributed by atoms with E-state index in [2.05, 4.69) is 25.5 Å². The molecule has 0 amide bonds. The Balaban J connectivity index is 1.42. The maximum atomic E-state index is 10.2. The van der Waals surface area contributed by atoms with E-state index in [9.17, 15) is 5.11 Å². The first-order valence-corrected chi connectivity index (χ1v) is 7.80. The van der Waals surface area contributed by atoms with Crippen LogP contribution in [0.2, 0.25) is 0 Å². The number of ether oxygens (including phenoxy) is 1. The van der Waals surface area contributed by atoms with Gasteiger partial charge in [0.2, 0.25) is 0 Å². The summed E-state index contributed by atoms with van der Waals surface area (Å²) in [5.41, 5.74) is 0. The van der Waals surface area contributed by atoms with Crippen LogP contribution in [0.5, 0.6) is 0 Å². The van der Waals surface area contributed by atoms with Gasteiger partial charge in [-0.25, -0.2) is 0 Å². The molecule has 8 nitrogen and oxygen atoms in total. The molecular weight excluding hydrogens is 296 g/mol. The van der Waals surface area contributed by atoms with Crippen molar-refractivity contribution in [2.75, 3.05) is 38.1 Å². The summed E-state index contributed by atoms with van der Waals surface area (Å²) in [7, 11) is 0. The van der Waals surface area contributed by atoms with E-state index >= 15 is 0 Å². The molecule has 3 heterocycles. The Hall–Kier alpha value is -2.03. The Morgan fingerprint density at radius 3 is 3.09 bits per heavy atom. The van der Waals surface area contributed by atoms with Gasteiger partial charge in [-0.3, -0.25) is 9.58 Å². The lowest BCUT2D eigenvalue weighted by Gasteiger charge is -2.34. The zero-order valence-electron chi connectivity index (χ0n) is 13.0. The molecule has 0 bridgehead atoms. The number of rotatable bonds is 7. The fourth-order valence-corrected chi connectivity index (χ4v) is 2.66. The molecule has 1 aliphatic rings. The van der Waals surface area contributed by atoms with Crippen LogP contribution in [0.1, 0.15) is 0 Å². The topological polar surface area (TPSA) is 88.3 Å². The average Bonchev–Trinajstić information content (AvgIpc) is 3.07. The summed E-state index contributed by atoms with van der Waals surface area (Å²) in [6.45, 7) is 4.07. The van der Waals surface area contributed by atoms with Crippen molar-refractivity contribution >= 4 is 5.82 Å². The van der Waals surface area contributed by atoms with Crippen LogP contribution >= 0.6 is 0 Å². The molecule has 0 radical (unpaired) electrons. The minimum atomic E-state index is -0.443. The fourth-order valence-electron chi connectivity index (χ4n) is 2.66. The minimum absolute atomic E-state index is 0.0719. The smallest absolute Gasteiger partial charge is 0.148 e. The van der Waals surface area contributed by atoms with Crippen molar-refractivity contribution in [2.45, 2.75) is 18.8 Å². The molecule has 0 aliphatic carbocycles. The van der Waals surface area contributed by atoms with Crippen molar-refractivity contribution in [3.8, 4) is 0 Å². The van der Waals surface area contributed by atoms with Crippen molar-refractivity contribution in [3.05, 3.63) is 36.8 Å². The maximum Gasteiger partial charge on any atom is 0.148 e. The molecule has 1 aliphatic heterocycles. The summed E-state index contributed by atoms with van der Waals surface area (Å²) in [6, 6.07) is 5.58. The van der Waals surface area contributed by atoms with Gasteiger partial charge in [0.15, 0.2) is 0 Å². The summed E-state index contributed by atoms with van der Waals surface area (Å²) >= 11 is 0. The van der Waals surface area contributed by atoms with Gasteiger partial charge < -0.3 is 15.2 Å². The molecule has 2 atom stereocenters. The number of nitrogens with one attached hydrogen (secondary N) is 1. The van der Waals surface area contributed by atoms with E-state index in [1.807, 2.05) is 24.4 Å². The Kier molecular flexibility index (Phi) is 5.51. The van der Waals surface area contributed by atoms with Crippen LogP contribution in [0.25, 0.3) is 0 Å². The van der Waals surface area contributed by atoms with Gasteiger partial charge >= 0.3 is 0 Å². The zero-order valence-corrected chi connectivity index (χ0v) is 13.0. The molecule has 23 heavy (non-hydrogen) atoms. The Bertz CT molecular complexity index is 565. The van der Waals surface area contributed by atoms with Crippen LogP contribution < -0.4 is 5.32 Å². The second kappa shape index (κ2) is 8.00. The predicted octanol–water partition coefficient (Wildman–Crippen LogP) is -0.153. The van der Waals surface area contributed by atoms with E-state index in [0.29, 0.717) is 26.2 Å². The number of hydrogen-bond donors (Lipinski definition) is 2. The van der Waals surface area contributed by atoms with Crippen LogP contribution in [-0.2, 0) is 11.3 Å². The summed E-state index contributed by atoms with van der Waals surface area (Å²) in [6.07, 6.45) is 4.85. The van der Waals surface area contributed by atoms with Crippen LogP contribution in [-0.4, -0.2) is 75.0 Å². The number of aliphatic hydroxyl groups is 1. The van der Waals surface area contributed by atoms with Crippen molar-refractivity contribution in [2.24, 2.45) is 0 Å². The zero-order chi connectivity index (χ0) is 15.9. The van der Waals surface area contributed by atoms with E-state index in [4.69, 9.17) is 4.74 Å². The Morgan fingerprint density at radius 2 is 2.30 bits per heavy atom. The first-order chi connectivity index (χ1) is 11.3. The van der Waals surface area contributed by atoms with E-state index in [0.717, 1.165) is 18.9 Å². The van der Waals surface area contributed by atoms with Crippen molar-refractivity contribution in [1.29, 1.82) is 0 Å². The molecule has 1 fully saturated rings. The van der Waals surface area contributed by atoms with Gasteiger partial charge in [-0.1, -0.05) is 0 Å². The van der Waals surface area contributed by atoms with Crippen molar-refractivity contribution in [3.63, 3.8) is 0 Å². The Labute approximate surface area is 135 Å². The number of morpholine rings is 1. The number of aliphatic hydroxyl groups excluding tert-OH is 1. The fraction of sp³-hybridized carbons (Fsp3) is 0.533. The van der Waals surface area contributed by atoms with Gasteiger partial charge in [0.1, 0.15) is 5.82 Å². The first kappa shape index (κ1) is 15.9. The molecule has 3 rings (SSSR count). The van der Waals surface area contributed by atoms with E-state index in [-0.39, 0.29) is 6.10 Å². The largest absolute Gasteiger partial charge is 0.390 e. The number of aromatic nitrogens is 4. The molecule has 2 aromatic rings. The van der Waals surface area contributed by atoms with Crippen molar-refractivity contribution in [1.82, 2.24) is 24.9 Å². The van der Waals surface area contributed by atoms with Crippen LogP contribution in [0.3, 0.4) is 0 Å². The molecule has 1 saturated heterocycles. The number of nitrogens with zero attached hydrogens (tertiary/aromatic N) is 5. The number of β-amino-alcohol motifs (C(OH)–C–C–N with tert-alkyl or cyclic N) is 1. The van der Waals surface area contributed by atoms with Gasteiger partial charge in [-0.15, -0.1) is 5.10 Å². The third-order valence-corrected chi connectivity index (χ3v) is 3.73. The van der Waals surface area contributed by atoms with E-state index in [1.165, 1.54) is 0 Å². The minimum Gasteiger partial charge on any atom is -0.390 e. The summed E-state index contributed by atoms with van der Waals surface area (Å²) in [5, 5.41) is 25.4. The van der Waals surface area contributed by atoms with Crippen LogP contribution in [0.4, 0.5) is 5.82 Å². The molecular formula is C15H22N6O2. The molecule has 2 aromatic heterocycles. The number of hydrogen-bond acceptors (Lipinski definition) is 7. The molecule has 0 spiro atoms. The lowest BCUT2D eigenvalue weighted by atomic mass is 10.2. The first-order valence-electron chi connectivity index (χ1n) is 7.80. The van der Waals surface area contributed by atoms with Gasteiger partial charge in [0, 0.05) is 44.8 Å². The van der Waals surface area contributed by atoms with E-state index in [1.54, 1.807) is 17.1 Å². The standard InChI is InChI=1S/C15H22N6O2/c22-13(11-21-6-2-5-18-21)10-20-7-8-23-14(12-20)9-16-15-3-1-4-17-19-15/h1-6,13-14,22H,7-12H2,(H,16,19). The molecule has 124 valence electrons. The second-order valence-electron chi connectivity index (χ2n) is 5.62. The lowest BCUT2D eigenvalue weighted by molar-refractivity contribution is -0.0358. The van der Waals surface area contributed by atoms with Gasteiger partial charge in [0.25, 0.3) is 0 Å². The highest BCUT2D eigenvalue weighted by Gasteiger charge is 2.22. The third-order valence-electron chi connectivity index (χ3n) is 3.73. The second-order valence-corrected chi connectivity index (χ2v) is 5.62. The highest BCUT2D eigenvalue weighted by Crippen LogP contribution is 2.08. The molecule has 0 saturated carbocycles. The molecule has 0 aromatic carbocycles. The monoisotopic (exact) mass is 318 g/mol. The molecule has 2 unspecified atom stereocenters. The number of anilines is 1. The third kappa shape index (κ3) is 4.98. The predicted molar refractivity (Wildman–Crippen MR) is 84.9 cm³/mol. The average molecular weight is 318 g/mol. The van der Waals surface area contributed by atoms with Gasteiger partial charge in [-0.05, 0) is 18.2 Å². The SMILES string of the molecule is OC(CN1CCOC(CNc2cccnn2)C1)Cn1cccn1. The summed E-state index contributed by atoms with van der Waals surface area (Å²) < 4.78 is 7.51. The van der Waals surface area contributed by atoms with Crippen LogP contribution in [0, 0.1) is 0 Å². The normalized spacial score (nSPS) is 20.3. The highest BCUT2D eigenvalue weighted by atomic mass is 16.5. The Morgan fingerprint density at radius 1 is 1.35 bits per heavy atom. The van der Waals surface area contributed by atoms with Gasteiger partial charge in [0.05, 0.1) is 25.4 Å². The molecule has 2 N–H and O–H groups in total. The quantitative estimate of drug-likeness (QED) is 0.734. The lowest BCUT2D eigenvalue weighted by Crippen LogP contribution is -2.48. The van der Waals surface area contributed by atoms with Crippen molar-refractivity contribution < 1.29 is 9.84 Å². The summed E-state index contributed by atoms with van der Waals surface area (Å²) in [5.74, 6) is 0.743. The highest BCUT2D eigenvalue weighted by molar-refractivity contribution is 5.31.